The lowest BCUT2D eigenvalue weighted by Crippen LogP contribution is -2.21. The fourth-order valence-electron chi connectivity index (χ4n) is 1.55. The van der Waals surface area contributed by atoms with Crippen LogP contribution in [0, 0.1) is 0 Å². The summed E-state index contributed by atoms with van der Waals surface area (Å²) in [6.07, 6.45) is 2.11. The van der Waals surface area contributed by atoms with Crippen molar-refractivity contribution < 1.29 is 4.42 Å². The predicted molar refractivity (Wildman–Crippen MR) is 69.6 cm³/mol. The maximum atomic E-state index is 5.28. The van der Waals surface area contributed by atoms with Crippen LogP contribution in [0.25, 0.3) is 0 Å². The van der Waals surface area contributed by atoms with E-state index in [4.69, 9.17) is 4.42 Å². The molecule has 0 unspecified atom stereocenters. The molecule has 0 amide bonds. The van der Waals surface area contributed by atoms with Crippen LogP contribution in [0.5, 0.6) is 0 Å². The van der Waals surface area contributed by atoms with Gasteiger partial charge in [0.15, 0.2) is 0 Å². The topological polar surface area (TPSA) is 64.7 Å². The Bertz CT molecular complexity index is 510. The van der Waals surface area contributed by atoms with Gasteiger partial charge in [0.1, 0.15) is 10.0 Å². The van der Waals surface area contributed by atoms with Crippen molar-refractivity contribution in [3.63, 3.8) is 0 Å². The molecule has 0 aliphatic carbocycles. The van der Waals surface area contributed by atoms with Crippen molar-refractivity contribution in [1.29, 1.82) is 0 Å². The first-order chi connectivity index (χ1) is 8.29. The summed E-state index contributed by atoms with van der Waals surface area (Å²) in [4.78, 5) is 0. The molecule has 0 aromatic carbocycles. The number of nitrogens with zero attached hydrogens (tertiary/aromatic N) is 4. The molecule has 0 spiro atoms. The fourth-order valence-corrected chi connectivity index (χ4v) is 2.68. The summed E-state index contributed by atoms with van der Waals surface area (Å²) < 4.78 is 5.28. The molecule has 0 aliphatic heterocycles. The molecule has 2 aromatic heterocycles. The van der Waals surface area contributed by atoms with Gasteiger partial charge >= 0.3 is 0 Å². The average Bonchev–Trinajstić information content (AvgIpc) is 2.83. The third-order valence-electron chi connectivity index (χ3n) is 2.64. The maximum absolute atomic E-state index is 5.28. The van der Waals surface area contributed by atoms with E-state index in [9.17, 15) is 0 Å². The van der Waals surface area contributed by atoms with Crippen LogP contribution in [0.4, 0.5) is 0 Å². The summed E-state index contributed by atoms with van der Waals surface area (Å²) in [6, 6.07) is 0. The third-order valence-corrected chi connectivity index (χ3v) is 3.99. The van der Waals surface area contributed by atoms with E-state index in [1.165, 1.54) is 6.39 Å². The number of aromatic nitrogens is 4. The zero-order chi connectivity index (χ0) is 13.4. The summed E-state index contributed by atoms with van der Waals surface area (Å²) >= 11 is 1.65. The van der Waals surface area contributed by atoms with E-state index in [1.54, 1.807) is 11.3 Å². The molecule has 0 atom stereocenters. The maximum Gasteiger partial charge on any atom is 0.222 e. The zero-order valence-corrected chi connectivity index (χ0v) is 12.2. The van der Waals surface area contributed by atoms with Gasteiger partial charge < -0.3 is 4.42 Å². The number of hydrogen-bond donors (Lipinski definition) is 0. The van der Waals surface area contributed by atoms with Gasteiger partial charge in [0.25, 0.3) is 0 Å². The van der Waals surface area contributed by atoms with Crippen molar-refractivity contribution in [2.75, 3.05) is 0 Å². The predicted octanol–water partition coefficient (Wildman–Crippen LogP) is 2.74. The molecule has 0 saturated carbocycles. The second-order valence-electron chi connectivity index (χ2n) is 6.06. The summed E-state index contributed by atoms with van der Waals surface area (Å²) in [6.45, 7) is 10.6. The first-order valence-electron chi connectivity index (χ1n) is 5.88. The molecule has 0 bridgehead atoms. The largest absolute Gasteiger partial charge is 0.427 e. The molecule has 0 radical (unpaired) electrons. The molecular weight excluding hydrogens is 248 g/mol. The van der Waals surface area contributed by atoms with E-state index in [1.807, 2.05) is 0 Å². The minimum absolute atomic E-state index is 0.0462. The molecule has 2 heterocycles. The lowest BCUT2D eigenvalue weighted by molar-refractivity contribution is 0.365. The van der Waals surface area contributed by atoms with Crippen molar-refractivity contribution in [3.05, 3.63) is 22.3 Å². The Labute approximate surface area is 111 Å². The Hall–Kier alpha value is -1.30. The Balaban J connectivity index is 2.17. The zero-order valence-electron chi connectivity index (χ0n) is 11.4. The van der Waals surface area contributed by atoms with Crippen LogP contribution in [0.15, 0.2) is 10.8 Å². The highest BCUT2D eigenvalue weighted by Gasteiger charge is 2.29. The second kappa shape index (κ2) is 4.42. The first-order valence-corrected chi connectivity index (χ1v) is 6.70. The molecule has 6 heteroatoms. The highest BCUT2D eigenvalue weighted by atomic mass is 32.1. The SMILES string of the molecule is CC(C)(C)c1nnc(CC(C)(C)c2nnco2)s1. The Kier molecular flexibility index (Phi) is 3.23. The van der Waals surface area contributed by atoms with E-state index in [2.05, 4.69) is 55.0 Å². The highest BCUT2D eigenvalue weighted by Crippen LogP contribution is 2.30. The van der Waals surface area contributed by atoms with Crippen LogP contribution in [-0.4, -0.2) is 20.4 Å². The van der Waals surface area contributed by atoms with E-state index < -0.39 is 0 Å². The van der Waals surface area contributed by atoms with Gasteiger partial charge in [0.2, 0.25) is 12.3 Å². The van der Waals surface area contributed by atoms with Crippen LogP contribution >= 0.6 is 11.3 Å². The molecule has 98 valence electrons. The summed E-state index contributed by atoms with van der Waals surface area (Å²) in [5.74, 6) is 0.634. The monoisotopic (exact) mass is 266 g/mol. The standard InChI is InChI=1S/C12H18N4OS/c1-11(2,3)10-16-14-8(18-10)6-12(4,5)9-15-13-7-17-9/h7H,6H2,1-5H3. The molecule has 0 fully saturated rings. The summed E-state index contributed by atoms with van der Waals surface area (Å²) in [7, 11) is 0. The molecule has 2 aromatic rings. The van der Waals surface area contributed by atoms with Gasteiger partial charge in [-0.05, 0) is 0 Å². The van der Waals surface area contributed by atoms with E-state index >= 15 is 0 Å². The minimum atomic E-state index is -0.217. The van der Waals surface area contributed by atoms with Crippen molar-refractivity contribution in [3.8, 4) is 0 Å². The first kappa shape index (κ1) is 13.1. The van der Waals surface area contributed by atoms with Crippen molar-refractivity contribution in [2.24, 2.45) is 0 Å². The minimum Gasteiger partial charge on any atom is -0.427 e. The normalized spacial score (nSPS) is 12.9. The molecule has 5 nitrogen and oxygen atoms in total. The van der Waals surface area contributed by atoms with Crippen LogP contribution in [-0.2, 0) is 17.3 Å². The van der Waals surface area contributed by atoms with Crippen molar-refractivity contribution in [2.45, 2.75) is 51.9 Å². The van der Waals surface area contributed by atoms with E-state index in [0.717, 1.165) is 16.4 Å². The molecule has 0 saturated heterocycles. The highest BCUT2D eigenvalue weighted by molar-refractivity contribution is 7.11. The van der Waals surface area contributed by atoms with Crippen LogP contribution in [0.3, 0.4) is 0 Å². The molecule has 2 rings (SSSR count). The summed E-state index contributed by atoms with van der Waals surface area (Å²) in [5.41, 5.74) is -0.171. The molecule has 18 heavy (non-hydrogen) atoms. The van der Waals surface area contributed by atoms with Gasteiger partial charge in [0, 0.05) is 17.3 Å². The second-order valence-corrected chi connectivity index (χ2v) is 7.12. The molecule has 0 N–H and O–H groups in total. The Morgan fingerprint density at radius 1 is 1.11 bits per heavy atom. The molecular formula is C12H18N4OS. The lowest BCUT2D eigenvalue weighted by atomic mass is 9.90. The van der Waals surface area contributed by atoms with Crippen LogP contribution < -0.4 is 0 Å². The van der Waals surface area contributed by atoms with Crippen LogP contribution in [0.2, 0.25) is 0 Å². The van der Waals surface area contributed by atoms with Gasteiger partial charge in [-0.3, -0.25) is 0 Å². The van der Waals surface area contributed by atoms with Gasteiger partial charge in [-0.2, -0.15) is 0 Å². The third kappa shape index (κ3) is 2.75. The lowest BCUT2D eigenvalue weighted by Gasteiger charge is -2.17. The Morgan fingerprint density at radius 3 is 2.33 bits per heavy atom. The van der Waals surface area contributed by atoms with Gasteiger partial charge in [-0.15, -0.1) is 31.7 Å². The van der Waals surface area contributed by atoms with E-state index in [-0.39, 0.29) is 10.8 Å². The number of rotatable bonds is 3. The molecule has 0 aliphatic rings. The van der Waals surface area contributed by atoms with Crippen molar-refractivity contribution >= 4 is 11.3 Å². The summed E-state index contributed by atoms with van der Waals surface area (Å²) in [5, 5.41) is 18.3. The quantitative estimate of drug-likeness (QED) is 0.854. The smallest absolute Gasteiger partial charge is 0.222 e. The number of hydrogen-bond acceptors (Lipinski definition) is 6. The van der Waals surface area contributed by atoms with Crippen molar-refractivity contribution in [1.82, 2.24) is 20.4 Å². The van der Waals surface area contributed by atoms with Crippen LogP contribution in [0.1, 0.15) is 50.5 Å². The Morgan fingerprint density at radius 2 is 1.83 bits per heavy atom. The fraction of sp³-hybridized carbons (Fsp3) is 0.667. The van der Waals surface area contributed by atoms with E-state index in [0.29, 0.717) is 5.89 Å². The van der Waals surface area contributed by atoms with Gasteiger partial charge in [-0.25, -0.2) is 0 Å². The van der Waals surface area contributed by atoms with Gasteiger partial charge in [-0.1, -0.05) is 34.6 Å². The van der Waals surface area contributed by atoms with Gasteiger partial charge in [0.05, 0.1) is 0 Å². The average molecular weight is 266 g/mol.